The zero-order valence-corrected chi connectivity index (χ0v) is 8.47. The highest BCUT2D eigenvalue weighted by Crippen LogP contribution is 2.16. The molecular weight excluding hydrogens is 251 g/mol. The number of hydrogen-bond acceptors (Lipinski definition) is 5. The lowest BCUT2D eigenvalue weighted by molar-refractivity contribution is -0.165. The molecule has 3 atom stereocenters. The summed E-state index contributed by atoms with van der Waals surface area (Å²) in [7, 11) is 0. The highest BCUT2D eigenvalue weighted by molar-refractivity contribution is 5.83. The first kappa shape index (κ1) is 15.6. The van der Waals surface area contributed by atoms with Crippen LogP contribution in [-0.4, -0.2) is 56.8 Å². The first-order valence-electron chi connectivity index (χ1n) is 4.39. The van der Waals surface area contributed by atoms with Crippen molar-refractivity contribution >= 4 is 11.9 Å². The summed E-state index contributed by atoms with van der Waals surface area (Å²) in [5.74, 6) is -3.54. The normalized spacial score (nSPS) is 18.9. The van der Waals surface area contributed by atoms with E-state index in [0.29, 0.717) is 6.92 Å². The number of carbonyl (C=O) groups is 2. The van der Waals surface area contributed by atoms with Crippen LogP contribution in [0.2, 0.25) is 0 Å². The van der Waals surface area contributed by atoms with E-state index in [1.807, 2.05) is 0 Å². The van der Waals surface area contributed by atoms with E-state index in [9.17, 15) is 22.8 Å². The van der Waals surface area contributed by atoms with Gasteiger partial charge in [0.15, 0.2) is 12.2 Å². The number of alkyl halides is 3. The summed E-state index contributed by atoms with van der Waals surface area (Å²) in [5.41, 5.74) is 4.35. The molecule has 7 nitrogen and oxygen atoms in total. The Hall–Kier alpha value is -1.39. The smallest absolute Gasteiger partial charge is 0.403 e. The summed E-state index contributed by atoms with van der Waals surface area (Å²) in [6, 6.07) is -2.81. The molecule has 6 N–H and O–H groups in total. The number of rotatable bonds is 3. The SMILES string of the molecule is O=C(O)C(O)C(O)C(=O)O.[2H][C@@](C)(N)C(F)(F)F. The van der Waals surface area contributed by atoms with Gasteiger partial charge in [-0.05, 0) is 6.92 Å². The van der Waals surface area contributed by atoms with E-state index in [0.717, 1.165) is 0 Å². The summed E-state index contributed by atoms with van der Waals surface area (Å²) in [6.07, 6.45) is -9.15. The van der Waals surface area contributed by atoms with E-state index >= 15 is 0 Å². The van der Waals surface area contributed by atoms with Crippen molar-refractivity contribution in [3.8, 4) is 0 Å². The van der Waals surface area contributed by atoms with Crippen LogP contribution in [0, 0.1) is 0 Å². The zero-order valence-electron chi connectivity index (χ0n) is 9.47. The summed E-state index contributed by atoms with van der Waals surface area (Å²) < 4.78 is 40.0. The van der Waals surface area contributed by atoms with E-state index in [-0.39, 0.29) is 0 Å². The molecule has 102 valence electrons. The van der Waals surface area contributed by atoms with E-state index in [2.05, 4.69) is 5.73 Å². The van der Waals surface area contributed by atoms with Gasteiger partial charge in [-0.3, -0.25) is 0 Å². The molecule has 0 rings (SSSR count). The number of aliphatic carboxylic acids is 2. The maximum atomic E-state index is 11.2. The van der Waals surface area contributed by atoms with Crippen LogP contribution in [0.15, 0.2) is 0 Å². The third-order valence-electron chi connectivity index (χ3n) is 1.25. The number of hydrogen-bond donors (Lipinski definition) is 5. The molecule has 0 aromatic heterocycles. The number of carboxylic acids is 2. The van der Waals surface area contributed by atoms with E-state index in [4.69, 9.17) is 21.8 Å². The minimum absolute atomic E-state index is 0.590. The van der Waals surface area contributed by atoms with Gasteiger partial charge in [0.25, 0.3) is 0 Å². The lowest BCUT2D eigenvalue weighted by Crippen LogP contribution is -2.39. The van der Waals surface area contributed by atoms with Crippen molar-refractivity contribution < 1.29 is 44.6 Å². The predicted molar refractivity (Wildman–Crippen MR) is 47.0 cm³/mol. The topological polar surface area (TPSA) is 141 Å². The van der Waals surface area contributed by atoms with Crippen LogP contribution in [0.3, 0.4) is 0 Å². The molecule has 0 heterocycles. The maximum Gasteiger partial charge on any atom is 0.403 e. The molecule has 0 spiro atoms. The van der Waals surface area contributed by atoms with Crippen LogP contribution in [0.1, 0.15) is 8.29 Å². The third kappa shape index (κ3) is 8.42. The molecule has 0 radical (unpaired) electrons. The van der Waals surface area contributed by atoms with Gasteiger partial charge in [0.1, 0.15) is 0 Å². The average Bonchev–Trinajstić information content (AvgIpc) is 2.12. The lowest BCUT2D eigenvalue weighted by Gasteiger charge is -2.07. The van der Waals surface area contributed by atoms with Gasteiger partial charge in [-0.1, -0.05) is 0 Å². The Morgan fingerprint density at radius 3 is 1.41 bits per heavy atom. The summed E-state index contributed by atoms with van der Waals surface area (Å²) in [6.45, 7) is 0.590. The molecule has 17 heavy (non-hydrogen) atoms. The second-order valence-corrected chi connectivity index (χ2v) is 2.75. The predicted octanol–water partition coefficient (Wildman–Crippen LogP) is -1.23. The standard InChI is InChI=1S/C4H6O6.C3H6F3N/c5-1(3(7)8)2(6)4(9)10;1-2(7)3(4,5)6/h1-2,5-6H,(H,7,8)(H,9,10);2H,7H2,1H3/t;2-/m.0/s1/i;2D. The van der Waals surface area contributed by atoms with Gasteiger partial charge in [-0.2, -0.15) is 13.2 Å². The van der Waals surface area contributed by atoms with Crippen molar-refractivity contribution in [3.63, 3.8) is 0 Å². The second-order valence-electron chi connectivity index (χ2n) is 2.75. The van der Waals surface area contributed by atoms with Crippen LogP contribution in [-0.2, 0) is 9.59 Å². The lowest BCUT2D eigenvalue weighted by atomic mass is 10.2. The van der Waals surface area contributed by atoms with Crippen molar-refractivity contribution in [1.82, 2.24) is 0 Å². The molecule has 0 bridgehead atoms. The Morgan fingerprint density at radius 1 is 1.18 bits per heavy atom. The molecule has 0 aliphatic rings. The van der Waals surface area contributed by atoms with E-state index in [1.54, 1.807) is 0 Å². The Kier molecular flexibility index (Phi) is 6.46. The zero-order chi connectivity index (χ0) is 15.3. The fourth-order valence-corrected chi connectivity index (χ4v) is 0.270. The number of aliphatic hydroxyl groups excluding tert-OH is 2. The molecule has 0 aromatic carbocycles. The van der Waals surface area contributed by atoms with Crippen molar-refractivity contribution in [2.24, 2.45) is 5.73 Å². The fraction of sp³-hybridized carbons (Fsp3) is 0.714. The van der Waals surface area contributed by atoms with Gasteiger partial charge in [0.05, 0.1) is 7.39 Å². The quantitative estimate of drug-likeness (QED) is 0.430. The van der Waals surface area contributed by atoms with Crippen LogP contribution in [0.25, 0.3) is 0 Å². The minimum Gasteiger partial charge on any atom is -0.479 e. The van der Waals surface area contributed by atoms with Crippen LogP contribution >= 0.6 is 0 Å². The van der Waals surface area contributed by atoms with Gasteiger partial charge in [-0.25, -0.2) is 9.59 Å². The number of nitrogens with two attached hydrogens (primary N) is 1. The average molecular weight is 264 g/mol. The van der Waals surface area contributed by atoms with E-state index in [1.165, 1.54) is 0 Å². The molecule has 0 saturated heterocycles. The highest BCUT2D eigenvalue weighted by Gasteiger charge is 2.32. The molecule has 10 heteroatoms. The fourth-order valence-electron chi connectivity index (χ4n) is 0.270. The minimum atomic E-state index is -4.62. The summed E-state index contributed by atoms with van der Waals surface area (Å²) >= 11 is 0. The summed E-state index contributed by atoms with van der Waals surface area (Å²) in [4.78, 5) is 19.5. The Morgan fingerprint density at radius 2 is 1.35 bits per heavy atom. The first-order chi connectivity index (χ1) is 7.71. The molecule has 2 unspecified atom stereocenters. The van der Waals surface area contributed by atoms with Gasteiger partial charge >= 0.3 is 18.1 Å². The third-order valence-corrected chi connectivity index (χ3v) is 1.25. The van der Waals surface area contributed by atoms with Crippen molar-refractivity contribution in [2.45, 2.75) is 31.3 Å². The van der Waals surface area contributed by atoms with E-state index < -0.39 is 36.3 Å². The summed E-state index contributed by atoms with van der Waals surface area (Å²) in [5, 5.41) is 32.5. The van der Waals surface area contributed by atoms with Crippen molar-refractivity contribution in [3.05, 3.63) is 0 Å². The van der Waals surface area contributed by atoms with Crippen molar-refractivity contribution in [1.29, 1.82) is 0 Å². The monoisotopic (exact) mass is 264 g/mol. The Balaban J connectivity index is 0. The molecule has 0 aromatic rings. The Labute approximate surface area is 94.7 Å². The molecule has 0 aliphatic carbocycles. The van der Waals surface area contributed by atoms with Gasteiger partial charge in [0.2, 0.25) is 0 Å². The molecule has 0 fully saturated rings. The van der Waals surface area contributed by atoms with Crippen molar-refractivity contribution in [2.75, 3.05) is 0 Å². The second kappa shape index (κ2) is 7.04. The van der Waals surface area contributed by atoms with Gasteiger partial charge in [0, 0.05) is 0 Å². The Bertz CT molecular complexity index is 273. The maximum absolute atomic E-state index is 11.2. The molecule has 0 amide bonds. The van der Waals surface area contributed by atoms with Crippen LogP contribution in [0.4, 0.5) is 13.2 Å². The molecular formula is C7H12F3NO6. The van der Waals surface area contributed by atoms with Crippen LogP contribution < -0.4 is 5.73 Å². The number of carboxylic acid groups (broad SMARTS) is 2. The van der Waals surface area contributed by atoms with Gasteiger partial charge in [-0.15, -0.1) is 0 Å². The number of aliphatic hydroxyl groups is 2. The number of halogens is 3. The molecule has 0 aliphatic heterocycles. The highest BCUT2D eigenvalue weighted by atomic mass is 19.4. The largest absolute Gasteiger partial charge is 0.479 e. The van der Waals surface area contributed by atoms with Crippen LogP contribution in [0.5, 0.6) is 0 Å². The molecule has 0 saturated carbocycles. The first-order valence-corrected chi connectivity index (χ1v) is 3.89. The van der Waals surface area contributed by atoms with Gasteiger partial charge < -0.3 is 26.2 Å².